The zero-order valence-electron chi connectivity index (χ0n) is 12.1. The van der Waals surface area contributed by atoms with E-state index in [1.807, 2.05) is 30.3 Å². The van der Waals surface area contributed by atoms with Gasteiger partial charge in [-0.15, -0.1) is 0 Å². The maximum Gasteiger partial charge on any atom is 0.246 e. The third-order valence-electron chi connectivity index (χ3n) is 4.57. The van der Waals surface area contributed by atoms with Crippen LogP contribution in [0.15, 0.2) is 47.6 Å². The van der Waals surface area contributed by atoms with Gasteiger partial charge in [0, 0.05) is 13.1 Å². The third kappa shape index (κ3) is 2.25. The summed E-state index contributed by atoms with van der Waals surface area (Å²) >= 11 is 0. The maximum atomic E-state index is 12.8. The van der Waals surface area contributed by atoms with E-state index in [4.69, 9.17) is 0 Å². The summed E-state index contributed by atoms with van der Waals surface area (Å²) in [5.41, 5.74) is 0.853. The molecular weight excluding hydrogens is 300 g/mol. The molecule has 1 N–H and O–H groups in total. The van der Waals surface area contributed by atoms with E-state index in [0.29, 0.717) is 24.9 Å². The fourth-order valence-electron chi connectivity index (χ4n) is 3.32. The molecule has 1 aromatic carbocycles. The second-order valence-corrected chi connectivity index (χ2v) is 7.89. The Morgan fingerprint density at radius 1 is 1.09 bits per heavy atom. The molecule has 0 aliphatic carbocycles. The van der Waals surface area contributed by atoms with Crippen molar-refractivity contribution in [3.05, 3.63) is 42.7 Å². The van der Waals surface area contributed by atoms with E-state index in [1.165, 1.54) is 6.20 Å². The highest BCUT2D eigenvalue weighted by Crippen LogP contribution is 2.30. The summed E-state index contributed by atoms with van der Waals surface area (Å²) < 4.78 is 28.7. The molecule has 0 saturated carbocycles. The number of nitrogens with zero attached hydrogens (tertiary/aromatic N) is 3. The van der Waals surface area contributed by atoms with E-state index in [-0.39, 0.29) is 4.90 Å². The Labute approximate surface area is 129 Å². The Balaban J connectivity index is 1.60. The molecule has 0 bridgehead atoms. The molecule has 2 fully saturated rings. The molecule has 6 nitrogen and oxygen atoms in total. The number of aromatic nitrogens is 2. The average molecular weight is 318 g/mol. The van der Waals surface area contributed by atoms with Crippen molar-refractivity contribution in [3.63, 3.8) is 0 Å². The fourth-order valence-corrected chi connectivity index (χ4v) is 4.81. The summed E-state index contributed by atoms with van der Waals surface area (Å²) in [6, 6.07) is 9.52. The van der Waals surface area contributed by atoms with E-state index in [1.54, 1.807) is 15.2 Å². The summed E-state index contributed by atoms with van der Waals surface area (Å²) in [4.78, 5) is 0.268. The number of fused-ring (bicyclic) bond motifs is 1. The quantitative estimate of drug-likeness (QED) is 0.905. The van der Waals surface area contributed by atoms with Crippen molar-refractivity contribution < 1.29 is 8.42 Å². The van der Waals surface area contributed by atoms with Crippen LogP contribution in [-0.4, -0.2) is 48.7 Å². The Morgan fingerprint density at radius 2 is 1.77 bits per heavy atom. The molecule has 0 radical (unpaired) electrons. The first-order valence-electron chi connectivity index (χ1n) is 7.45. The number of rotatable bonds is 3. The Kier molecular flexibility index (Phi) is 3.28. The van der Waals surface area contributed by atoms with Gasteiger partial charge in [0.15, 0.2) is 0 Å². The summed E-state index contributed by atoms with van der Waals surface area (Å²) in [5, 5.41) is 7.52. The number of hydrogen-bond donors (Lipinski definition) is 1. The third-order valence-corrected chi connectivity index (χ3v) is 6.36. The van der Waals surface area contributed by atoms with Crippen LogP contribution in [0.25, 0.3) is 5.69 Å². The summed E-state index contributed by atoms with van der Waals surface area (Å²) in [5.74, 6) is 0.887. The maximum absolute atomic E-state index is 12.8. The van der Waals surface area contributed by atoms with Crippen LogP contribution in [0, 0.1) is 11.8 Å². The second kappa shape index (κ2) is 5.19. The number of para-hydroxylation sites is 1. The van der Waals surface area contributed by atoms with E-state index < -0.39 is 10.0 Å². The topological polar surface area (TPSA) is 67.2 Å². The number of nitrogens with one attached hydrogen (secondary N) is 1. The van der Waals surface area contributed by atoms with Gasteiger partial charge in [-0.2, -0.15) is 9.40 Å². The molecule has 2 atom stereocenters. The number of benzene rings is 1. The second-order valence-electron chi connectivity index (χ2n) is 5.96. The van der Waals surface area contributed by atoms with Crippen LogP contribution in [0.4, 0.5) is 0 Å². The van der Waals surface area contributed by atoms with Gasteiger partial charge < -0.3 is 5.32 Å². The van der Waals surface area contributed by atoms with Crippen molar-refractivity contribution >= 4 is 10.0 Å². The lowest BCUT2D eigenvalue weighted by molar-refractivity contribution is 0.448. The molecule has 4 rings (SSSR count). The molecule has 22 heavy (non-hydrogen) atoms. The van der Waals surface area contributed by atoms with Crippen LogP contribution in [0.5, 0.6) is 0 Å². The van der Waals surface area contributed by atoms with Crippen LogP contribution < -0.4 is 5.32 Å². The minimum absolute atomic E-state index is 0.268. The van der Waals surface area contributed by atoms with E-state index in [0.717, 1.165) is 18.8 Å². The molecule has 116 valence electrons. The molecule has 1 aromatic heterocycles. The summed E-state index contributed by atoms with van der Waals surface area (Å²) in [6.07, 6.45) is 3.03. The zero-order valence-corrected chi connectivity index (χ0v) is 12.9. The van der Waals surface area contributed by atoms with Crippen molar-refractivity contribution in [1.82, 2.24) is 19.4 Å². The highest BCUT2D eigenvalue weighted by molar-refractivity contribution is 7.89. The first kappa shape index (κ1) is 13.9. The Bertz CT molecular complexity index is 760. The van der Waals surface area contributed by atoms with Gasteiger partial charge in [-0.3, -0.25) is 0 Å². The van der Waals surface area contributed by atoms with Crippen LogP contribution in [0.2, 0.25) is 0 Å². The van der Waals surface area contributed by atoms with E-state index >= 15 is 0 Å². The largest absolute Gasteiger partial charge is 0.316 e. The van der Waals surface area contributed by atoms with E-state index in [2.05, 4.69) is 10.4 Å². The first-order chi connectivity index (χ1) is 10.6. The van der Waals surface area contributed by atoms with Gasteiger partial charge >= 0.3 is 0 Å². The lowest BCUT2D eigenvalue weighted by Gasteiger charge is -2.15. The smallest absolute Gasteiger partial charge is 0.246 e. The summed E-state index contributed by atoms with van der Waals surface area (Å²) in [7, 11) is -3.45. The van der Waals surface area contributed by atoms with Gasteiger partial charge in [-0.25, -0.2) is 13.1 Å². The average Bonchev–Trinajstić information content (AvgIpc) is 3.23. The molecule has 3 heterocycles. The number of sulfonamides is 1. The van der Waals surface area contributed by atoms with Crippen LogP contribution >= 0.6 is 0 Å². The first-order valence-corrected chi connectivity index (χ1v) is 8.89. The molecule has 7 heteroatoms. The predicted octanol–water partition coefficient (Wildman–Crippen LogP) is 0.712. The monoisotopic (exact) mass is 318 g/mol. The van der Waals surface area contributed by atoms with Gasteiger partial charge in [0.25, 0.3) is 0 Å². The highest BCUT2D eigenvalue weighted by atomic mass is 32.2. The lowest BCUT2D eigenvalue weighted by atomic mass is 10.0. The van der Waals surface area contributed by atoms with Gasteiger partial charge in [0.2, 0.25) is 10.0 Å². The van der Waals surface area contributed by atoms with Crippen molar-refractivity contribution in [3.8, 4) is 5.69 Å². The van der Waals surface area contributed by atoms with Gasteiger partial charge in [-0.1, -0.05) is 18.2 Å². The molecule has 0 spiro atoms. The number of hydrogen-bond acceptors (Lipinski definition) is 4. The van der Waals surface area contributed by atoms with Crippen LogP contribution in [0.1, 0.15) is 0 Å². The normalized spacial score (nSPS) is 25.5. The van der Waals surface area contributed by atoms with Crippen LogP contribution in [0.3, 0.4) is 0 Å². The molecule has 2 aliphatic rings. The molecular formula is C15H18N4O2S. The Hall–Kier alpha value is -1.70. The van der Waals surface area contributed by atoms with Crippen molar-refractivity contribution in [2.24, 2.45) is 11.8 Å². The van der Waals surface area contributed by atoms with Gasteiger partial charge in [-0.05, 0) is 37.1 Å². The SMILES string of the molecule is O=S(=O)(c1cnn(-c2ccccc2)c1)N1C[C@H]2CNC[C@H]2C1. The predicted molar refractivity (Wildman–Crippen MR) is 82.2 cm³/mol. The van der Waals surface area contributed by atoms with Crippen LogP contribution in [-0.2, 0) is 10.0 Å². The minimum atomic E-state index is -3.45. The van der Waals surface area contributed by atoms with Gasteiger partial charge in [0.05, 0.1) is 18.1 Å². The zero-order chi connectivity index (χ0) is 15.2. The molecule has 0 unspecified atom stereocenters. The molecule has 2 aromatic rings. The molecule has 2 aliphatic heterocycles. The van der Waals surface area contributed by atoms with Gasteiger partial charge in [0.1, 0.15) is 4.90 Å². The summed E-state index contributed by atoms with van der Waals surface area (Å²) in [6.45, 7) is 3.05. The molecule has 2 saturated heterocycles. The molecule has 0 amide bonds. The van der Waals surface area contributed by atoms with Crippen molar-refractivity contribution in [2.75, 3.05) is 26.2 Å². The lowest BCUT2D eigenvalue weighted by Crippen LogP contribution is -2.31. The minimum Gasteiger partial charge on any atom is -0.316 e. The van der Waals surface area contributed by atoms with Crippen molar-refractivity contribution in [1.29, 1.82) is 0 Å². The Morgan fingerprint density at radius 3 is 2.45 bits per heavy atom. The fraction of sp³-hybridized carbons (Fsp3) is 0.400. The standard InChI is InChI=1S/C15H18N4O2S/c20-22(21,18-9-12-6-16-7-13(12)10-18)15-8-17-19(11-15)14-4-2-1-3-5-14/h1-5,8,11-13,16H,6-7,9-10H2/t12-,13+. The van der Waals surface area contributed by atoms with Crippen molar-refractivity contribution in [2.45, 2.75) is 4.90 Å². The van der Waals surface area contributed by atoms with E-state index in [9.17, 15) is 8.42 Å². The highest BCUT2D eigenvalue weighted by Gasteiger charge is 2.41.